The van der Waals surface area contributed by atoms with Crippen molar-refractivity contribution in [3.05, 3.63) is 75.8 Å². The summed E-state index contributed by atoms with van der Waals surface area (Å²) in [6, 6.07) is 14.2. The lowest BCUT2D eigenvalue weighted by Crippen LogP contribution is -2.15. The number of aryl methyl sites for hydroxylation is 1. The van der Waals surface area contributed by atoms with Gasteiger partial charge in [-0.15, -0.1) is 11.3 Å². The molecule has 26 heavy (non-hydrogen) atoms. The fraction of sp³-hybridized carbons (Fsp3) is 0.105. The summed E-state index contributed by atoms with van der Waals surface area (Å²) in [4.78, 5) is 28.6. The van der Waals surface area contributed by atoms with Crippen molar-refractivity contribution >= 4 is 45.6 Å². The van der Waals surface area contributed by atoms with Crippen LogP contribution in [0, 0.1) is 6.92 Å². The van der Waals surface area contributed by atoms with E-state index in [9.17, 15) is 9.59 Å². The number of benzene rings is 2. The predicted octanol–water partition coefficient (Wildman–Crippen LogP) is 4.54. The van der Waals surface area contributed by atoms with Crippen molar-refractivity contribution < 1.29 is 9.59 Å². The van der Waals surface area contributed by atoms with E-state index in [0.717, 1.165) is 11.3 Å². The zero-order chi connectivity index (χ0) is 18.5. The molecule has 2 aromatic carbocycles. The molecule has 0 aliphatic heterocycles. The molecular weight excluding hydrogens is 370 g/mol. The maximum Gasteiger partial charge on any atom is 0.257 e. The molecule has 2 N–H and O–H groups in total. The molecule has 0 radical (unpaired) electrons. The molecule has 1 aromatic heterocycles. The molecule has 0 aliphatic carbocycles. The molecule has 0 bridgehead atoms. The largest absolute Gasteiger partial charge is 0.326 e. The zero-order valence-electron chi connectivity index (χ0n) is 14.0. The number of halogens is 1. The minimum Gasteiger partial charge on any atom is -0.326 e. The fourth-order valence-electron chi connectivity index (χ4n) is 2.29. The summed E-state index contributed by atoms with van der Waals surface area (Å²) in [6.45, 7) is 1.93. The van der Waals surface area contributed by atoms with E-state index in [1.807, 2.05) is 31.2 Å². The van der Waals surface area contributed by atoms with Crippen LogP contribution in [0.25, 0.3) is 0 Å². The smallest absolute Gasteiger partial charge is 0.257 e. The van der Waals surface area contributed by atoms with Crippen molar-refractivity contribution in [3.8, 4) is 0 Å². The number of nitrogens with one attached hydrogen (secondary N) is 2. The Labute approximate surface area is 160 Å². The van der Waals surface area contributed by atoms with Crippen molar-refractivity contribution in [1.82, 2.24) is 4.98 Å². The van der Waals surface area contributed by atoms with Gasteiger partial charge in [-0.25, -0.2) is 4.98 Å². The second-order valence-electron chi connectivity index (χ2n) is 5.64. The Morgan fingerprint density at radius 3 is 2.54 bits per heavy atom. The van der Waals surface area contributed by atoms with Gasteiger partial charge in [-0.3, -0.25) is 14.9 Å². The normalized spacial score (nSPS) is 10.4. The van der Waals surface area contributed by atoms with Gasteiger partial charge in [0.15, 0.2) is 5.13 Å². The minimum absolute atomic E-state index is 0.141. The summed E-state index contributed by atoms with van der Waals surface area (Å²) >= 11 is 7.09. The maximum absolute atomic E-state index is 12.2. The number of nitrogens with zero attached hydrogens (tertiary/aromatic N) is 1. The molecule has 5 nitrogen and oxygen atoms in total. The summed E-state index contributed by atoms with van der Waals surface area (Å²) < 4.78 is 0. The lowest BCUT2D eigenvalue weighted by atomic mass is 10.2. The molecule has 3 rings (SSSR count). The quantitative estimate of drug-likeness (QED) is 0.677. The Morgan fingerprint density at radius 2 is 1.81 bits per heavy atom. The molecule has 0 aliphatic rings. The van der Waals surface area contributed by atoms with E-state index >= 15 is 0 Å². The molecule has 7 heteroatoms. The first-order chi connectivity index (χ1) is 12.5. The van der Waals surface area contributed by atoms with Crippen LogP contribution in [0.2, 0.25) is 5.02 Å². The third-order valence-electron chi connectivity index (χ3n) is 3.64. The Kier molecular flexibility index (Phi) is 5.65. The Bertz CT molecular complexity index is 938. The summed E-state index contributed by atoms with van der Waals surface area (Å²) in [7, 11) is 0. The highest BCUT2D eigenvalue weighted by molar-refractivity contribution is 7.14. The van der Waals surface area contributed by atoms with Crippen LogP contribution in [0.4, 0.5) is 10.8 Å². The van der Waals surface area contributed by atoms with Crippen molar-refractivity contribution in [2.45, 2.75) is 13.3 Å². The van der Waals surface area contributed by atoms with Crippen molar-refractivity contribution in [2.24, 2.45) is 0 Å². The summed E-state index contributed by atoms with van der Waals surface area (Å²) in [5, 5.41) is 8.36. The molecule has 3 aromatic rings. The van der Waals surface area contributed by atoms with E-state index < -0.39 is 0 Å². The molecule has 1 heterocycles. The van der Waals surface area contributed by atoms with E-state index in [-0.39, 0.29) is 18.2 Å². The number of anilines is 2. The predicted molar refractivity (Wildman–Crippen MR) is 105 cm³/mol. The van der Waals surface area contributed by atoms with Crippen LogP contribution in [0.5, 0.6) is 0 Å². The van der Waals surface area contributed by atoms with Crippen LogP contribution in [0.3, 0.4) is 0 Å². The molecule has 0 spiro atoms. The maximum atomic E-state index is 12.2. The highest BCUT2D eigenvalue weighted by Gasteiger charge is 2.12. The molecule has 0 unspecified atom stereocenters. The summed E-state index contributed by atoms with van der Waals surface area (Å²) in [5.74, 6) is -0.424. The number of para-hydroxylation sites is 1. The lowest BCUT2D eigenvalue weighted by molar-refractivity contribution is -0.115. The zero-order valence-corrected chi connectivity index (χ0v) is 15.5. The van der Waals surface area contributed by atoms with Crippen LogP contribution in [-0.4, -0.2) is 16.8 Å². The van der Waals surface area contributed by atoms with Gasteiger partial charge in [0, 0.05) is 21.7 Å². The van der Waals surface area contributed by atoms with Crippen LogP contribution in [0.15, 0.2) is 53.9 Å². The first-order valence-corrected chi connectivity index (χ1v) is 9.14. The van der Waals surface area contributed by atoms with E-state index in [2.05, 4.69) is 15.6 Å². The van der Waals surface area contributed by atoms with Gasteiger partial charge in [-0.1, -0.05) is 29.8 Å². The van der Waals surface area contributed by atoms with Gasteiger partial charge in [-0.2, -0.15) is 0 Å². The number of thiazole rings is 1. The van der Waals surface area contributed by atoms with E-state index in [0.29, 0.717) is 21.4 Å². The number of rotatable bonds is 5. The van der Waals surface area contributed by atoms with Gasteiger partial charge in [0.25, 0.3) is 5.91 Å². The monoisotopic (exact) mass is 385 g/mol. The van der Waals surface area contributed by atoms with Crippen LogP contribution < -0.4 is 10.6 Å². The highest BCUT2D eigenvalue weighted by Crippen LogP contribution is 2.19. The Hall–Kier alpha value is -2.70. The number of carbonyl (C=O) groups excluding carboxylic acids is 2. The van der Waals surface area contributed by atoms with Crippen molar-refractivity contribution in [1.29, 1.82) is 0 Å². The Balaban J connectivity index is 1.59. The average molecular weight is 386 g/mol. The second kappa shape index (κ2) is 8.12. The minimum atomic E-state index is -0.271. The van der Waals surface area contributed by atoms with Gasteiger partial charge in [0.1, 0.15) is 0 Å². The fourth-order valence-corrected chi connectivity index (χ4v) is 3.12. The van der Waals surface area contributed by atoms with Crippen molar-refractivity contribution in [2.75, 3.05) is 10.6 Å². The van der Waals surface area contributed by atoms with Crippen molar-refractivity contribution in [3.63, 3.8) is 0 Å². The molecular formula is C19H16ClN3O2S. The molecule has 0 fully saturated rings. The van der Waals surface area contributed by atoms with Crippen LogP contribution >= 0.6 is 22.9 Å². The van der Waals surface area contributed by atoms with Gasteiger partial charge in [0.05, 0.1) is 12.1 Å². The summed E-state index contributed by atoms with van der Waals surface area (Å²) in [5.41, 5.74) is 2.87. The number of amides is 2. The van der Waals surface area contributed by atoms with E-state index in [4.69, 9.17) is 11.6 Å². The van der Waals surface area contributed by atoms with Gasteiger partial charge >= 0.3 is 0 Å². The first kappa shape index (κ1) is 18.1. The number of aromatic nitrogens is 1. The standard InChI is InChI=1S/C19H16ClN3O2S/c1-12-4-2-3-5-16(12)22-17(24)10-15-11-26-19(21-15)23-18(25)13-6-8-14(20)9-7-13/h2-9,11H,10H2,1H3,(H,22,24)(H,21,23,25). The molecule has 0 atom stereocenters. The highest BCUT2D eigenvalue weighted by atomic mass is 35.5. The lowest BCUT2D eigenvalue weighted by Gasteiger charge is -2.06. The molecule has 0 saturated heterocycles. The van der Waals surface area contributed by atoms with Gasteiger partial charge in [-0.05, 0) is 42.8 Å². The molecule has 0 saturated carbocycles. The van der Waals surface area contributed by atoms with Gasteiger partial charge in [0.2, 0.25) is 5.91 Å². The van der Waals surface area contributed by atoms with E-state index in [1.54, 1.807) is 29.6 Å². The first-order valence-electron chi connectivity index (χ1n) is 7.88. The Morgan fingerprint density at radius 1 is 1.08 bits per heavy atom. The summed E-state index contributed by atoms with van der Waals surface area (Å²) in [6.07, 6.45) is 0.141. The second-order valence-corrected chi connectivity index (χ2v) is 6.94. The van der Waals surface area contributed by atoms with E-state index in [1.165, 1.54) is 11.3 Å². The van der Waals surface area contributed by atoms with Gasteiger partial charge < -0.3 is 5.32 Å². The number of hydrogen-bond acceptors (Lipinski definition) is 4. The molecule has 132 valence electrons. The molecule has 2 amide bonds. The van der Waals surface area contributed by atoms with Crippen LogP contribution in [0.1, 0.15) is 21.6 Å². The topological polar surface area (TPSA) is 71.1 Å². The number of hydrogen-bond donors (Lipinski definition) is 2. The third-order valence-corrected chi connectivity index (χ3v) is 4.70. The third kappa shape index (κ3) is 4.68. The SMILES string of the molecule is Cc1ccccc1NC(=O)Cc1csc(NC(=O)c2ccc(Cl)cc2)n1. The number of carbonyl (C=O) groups is 2. The average Bonchev–Trinajstić information content (AvgIpc) is 3.04. The van der Waals surface area contributed by atoms with Crippen LogP contribution in [-0.2, 0) is 11.2 Å².